The molecule has 0 saturated heterocycles. The molecule has 2 rings (SSSR count). The number of furan rings is 1. The fourth-order valence-electron chi connectivity index (χ4n) is 1.55. The highest BCUT2D eigenvalue weighted by Crippen LogP contribution is 2.24. The summed E-state index contributed by atoms with van der Waals surface area (Å²) in [7, 11) is 0. The molecule has 15 heavy (non-hydrogen) atoms. The molecule has 0 unspecified atom stereocenters. The normalized spacial score (nSPS) is 10.9. The summed E-state index contributed by atoms with van der Waals surface area (Å²) in [5.41, 5.74) is 7.52. The molecule has 2 N–H and O–H groups in total. The summed E-state index contributed by atoms with van der Waals surface area (Å²) >= 11 is 0. The summed E-state index contributed by atoms with van der Waals surface area (Å²) in [6.45, 7) is 5.34. The second-order valence-electron chi connectivity index (χ2n) is 3.45. The molecule has 2 heterocycles. The van der Waals surface area contributed by atoms with Crippen molar-refractivity contribution >= 4 is 0 Å². The first-order valence-electron chi connectivity index (χ1n) is 5.07. The molecule has 0 aliphatic heterocycles. The van der Waals surface area contributed by atoms with Crippen molar-refractivity contribution in [1.82, 2.24) is 9.78 Å². The third-order valence-corrected chi connectivity index (χ3v) is 2.40. The van der Waals surface area contributed by atoms with Gasteiger partial charge in [-0.1, -0.05) is 0 Å². The highest BCUT2D eigenvalue weighted by molar-refractivity contribution is 5.59. The Balaban J connectivity index is 2.39. The van der Waals surface area contributed by atoms with Crippen LogP contribution in [-0.4, -0.2) is 9.78 Å². The third-order valence-electron chi connectivity index (χ3n) is 2.40. The third kappa shape index (κ3) is 1.80. The summed E-state index contributed by atoms with van der Waals surface area (Å²) < 4.78 is 7.48. The molecule has 0 atom stereocenters. The SMILES string of the molecule is CCn1cc(-c2ccc(CN)o2)c(C)n1. The van der Waals surface area contributed by atoms with Gasteiger partial charge in [0.1, 0.15) is 11.5 Å². The van der Waals surface area contributed by atoms with E-state index in [1.165, 1.54) is 0 Å². The Kier molecular flexibility index (Phi) is 2.60. The van der Waals surface area contributed by atoms with Crippen molar-refractivity contribution in [3.8, 4) is 11.3 Å². The van der Waals surface area contributed by atoms with Crippen LogP contribution in [0.2, 0.25) is 0 Å². The number of nitrogens with two attached hydrogens (primary N) is 1. The summed E-state index contributed by atoms with van der Waals surface area (Å²) in [6.07, 6.45) is 1.99. The first-order chi connectivity index (χ1) is 7.24. The van der Waals surface area contributed by atoms with Crippen LogP contribution < -0.4 is 5.73 Å². The average molecular weight is 205 g/mol. The van der Waals surface area contributed by atoms with E-state index < -0.39 is 0 Å². The number of aryl methyl sites for hydroxylation is 2. The van der Waals surface area contributed by atoms with Crippen LogP contribution in [-0.2, 0) is 13.1 Å². The van der Waals surface area contributed by atoms with E-state index in [0.29, 0.717) is 6.54 Å². The Labute approximate surface area is 88.7 Å². The molecule has 80 valence electrons. The molecule has 0 amide bonds. The van der Waals surface area contributed by atoms with Gasteiger partial charge in [-0.25, -0.2) is 0 Å². The quantitative estimate of drug-likeness (QED) is 0.833. The maximum Gasteiger partial charge on any atom is 0.137 e. The first kappa shape index (κ1) is 9.98. The van der Waals surface area contributed by atoms with Gasteiger partial charge in [-0.05, 0) is 26.0 Å². The lowest BCUT2D eigenvalue weighted by Crippen LogP contribution is -1.93. The molecule has 4 heteroatoms. The molecule has 2 aromatic rings. The van der Waals surface area contributed by atoms with Crippen molar-refractivity contribution in [3.63, 3.8) is 0 Å². The second-order valence-corrected chi connectivity index (χ2v) is 3.45. The number of hydrogen-bond donors (Lipinski definition) is 1. The molecule has 2 aromatic heterocycles. The van der Waals surface area contributed by atoms with Crippen LogP contribution in [0.5, 0.6) is 0 Å². The van der Waals surface area contributed by atoms with Crippen LogP contribution >= 0.6 is 0 Å². The van der Waals surface area contributed by atoms with Gasteiger partial charge < -0.3 is 10.2 Å². The second kappa shape index (κ2) is 3.90. The van der Waals surface area contributed by atoms with Crippen LogP contribution in [0.15, 0.2) is 22.7 Å². The zero-order valence-corrected chi connectivity index (χ0v) is 9.03. The maximum atomic E-state index is 5.58. The zero-order chi connectivity index (χ0) is 10.8. The van der Waals surface area contributed by atoms with Crippen LogP contribution in [0.3, 0.4) is 0 Å². The molecule has 0 aromatic carbocycles. The lowest BCUT2D eigenvalue weighted by Gasteiger charge is -1.92. The van der Waals surface area contributed by atoms with Crippen molar-refractivity contribution in [2.24, 2.45) is 5.73 Å². The van der Waals surface area contributed by atoms with E-state index in [-0.39, 0.29) is 0 Å². The summed E-state index contributed by atoms with van der Waals surface area (Å²) in [5, 5.41) is 4.37. The predicted molar refractivity (Wildman–Crippen MR) is 58.2 cm³/mol. The molecular formula is C11H15N3O. The average Bonchev–Trinajstić information content (AvgIpc) is 2.83. The molecular weight excluding hydrogens is 190 g/mol. The van der Waals surface area contributed by atoms with E-state index in [1.54, 1.807) is 0 Å². The van der Waals surface area contributed by atoms with Gasteiger partial charge in [0.05, 0.1) is 17.8 Å². The Hall–Kier alpha value is -1.55. The predicted octanol–water partition coefficient (Wildman–Crippen LogP) is 1.93. The summed E-state index contributed by atoms with van der Waals surface area (Å²) in [6, 6.07) is 3.84. The lowest BCUT2D eigenvalue weighted by molar-refractivity contribution is 0.525. The lowest BCUT2D eigenvalue weighted by atomic mass is 10.2. The maximum absolute atomic E-state index is 5.58. The molecule has 0 saturated carbocycles. The number of nitrogens with zero attached hydrogens (tertiary/aromatic N) is 2. The molecule has 0 aliphatic rings. The zero-order valence-electron chi connectivity index (χ0n) is 9.03. The van der Waals surface area contributed by atoms with Gasteiger partial charge in [0.25, 0.3) is 0 Å². The fourth-order valence-corrected chi connectivity index (χ4v) is 1.55. The van der Waals surface area contributed by atoms with E-state index in [4.69, 9.17) is 10.2 Å². The topological polar surface area (TPSA) is 57.0 Å². The Morgan fingerprint density at radius 2 is 2.27 bits per heavy atom. The van der Waals surface area contributed by atoms with Gasteiger partial charge in [-0.15, -0.1) is 0 Å². The largest absolute Gasteiger partial charge is 0.460 e. The van der Waals surface area contributed by atoms with Gasteiger partial charge in [0, 0.05) is 12.7 Å². The van der Waals surface area contributed by atoms with Crippen molar-refractivity contribution in [3.05, 3.63) is 29.8 Å². The minimum atomic E-state index is 0.432. The van der Waals surface area contributed by atoms with Gasteiger partial charge in [-0.3, -0.25) is 4.68 Å². The standard InChI is InChI=1S/C11H15N3O/c1-3-14-7-10(8(2)13-14)11-5-4-9(6-12)15-11/h4-5,7H,3,6,12H2,1-2H3. The number of rotatable bonds is 3. The highest BCUT2D eigenvalue weighted by Gasteiger charge is 2.10. The monoisotopic (exact) mass is 205 g/mol. The van der Waals surface area contributed by atoms with E-state index in [0.717, 1.165) is 29.3 Å². The van der Waals surface area contributed by atoms with Crippen LogP contribution in [0.1, 0.15) is 18.4 Å². The minimum absolute atomic E-state index is 0.432. The van der Waals surface area contributed by atoms with Crippen molar-refractivity contribution in [2.75, 3.05) is 0 Å². The Morgan fingerprint density at radius 1 is 1.47 bits per heavy atom. The van der Waals surface area contributed by atoms with Crippen LogP contribution in [0, 0.1) is 6.92 Å². The van der Waals surface area contributed by atoms with E-state index in [9.17, 15) is 0 Å². The number of hydrogen-bond acceptors (Lipinski definition) is 3. The fraction of sp³-hybridized carbons (Fsp3) is 0.364. The highest BCUT2D eigenvalue weighted by atomic mass is 16.3. The van der Waals surface area contributed by atoms with E-state index in [2.05, 4.69) is 12.0 Å². The van der Waals surface area contributed by atoms with Crippen molar-refractivity contribution in [2.45, 2.75) is 26.9 Å². The van der Waals surface area contributed by atoms with Gasteiger partial charge >= 0.3 is 0 Å². The smallest absolute Gasteiger partial charge is 0.137 e. The molecule has 0 fully saturated rings. The summed E-state index contributed by atoms with van der Waals surface area (Å²) in [5.74, 6) is 1.64. The minimum Gasteiger partial charge on any atom is -0.460 e. The molecule has 0 bridgehead atoms. The van der Waals surface area contributed by atoms with Gasteiger partial charge in [-0.2, -0.15) is 5.10 Å². The van der Waals surface area contributed by atoms with Gasteiger partial charge in [0.2, 0.25) is 0 Å². The van der Waals surface area contributed by atoms with Crippen molar-refractivity contribution < 1.29 is 4.42 Å². The van der Waals surface area contributed by atoms with Gasteiger partial charge in [0.15, 0.2) is 0 Å². The molecule has 0 radical (unpaired) electrons. The van der Waals surface area contributed by atoms with Crippen LogP contribution in [0.4, 0.5) is 0 Å². The first-order valence-corrected chi connectivity index (χ1v) is 5.07. The number of aromatic nitrogens is 2. The molecule has 4 nitrogen and oxygen atoms in total. The Morgan fingerprint density at radius 3 is 2.80 bits per heavy atom. The van der Waals surface area contributed by atoms with E-state index in [1.807, 2.05) is 29.9 Å². The van der Waals surface area contributed by atoms with E-state index >= 15 is 0 Å². The molecule has 0 aliphatic carbocycles. The van der Waals surface area contributed by atoms with Crippen LogP contribution in [0.25, 0.3) is 11.3 Å². The summed E-state index contributed by atoms with van der Waals surface area (Å²) in [4.78, 5) is 0. The molecule has 0 spiro atoms. The van der Waals surface area contributed by atoms with Crippen molar-refractivity contribution in [1.29, 1.82) is 0 Å². The Bertz CT molecular complexity index is 456.